The lowest BCUT2D eigenvalue weighted by atomic mass is 10.4. The molecule has 0 fully saturated rings. The summed E-state index contributed by atoms with van der Waals surface area (Å²) in [6.07, 6.45) is -3.00. The van der Waals surface area contributed by atoms with Crippen LogP contribution in [0.3, 0.4) is 0 Å². The van der Waals surface area contributed by atoms with E-state index >= 15 is 0 Å². The van der Waals surface area contributed by atoms with Crippen LogP contribution in [0.5, 0.6) is 0 Å². The van der Waals surface area contributed by atoms with Crippen molar-refractivity contribution in [3.63, 3.8) is 0 Å². The number of nitrogens with zero attached hydrogens (tertiary/aromatic N) is 3. The van der Waals surface area contributed by atoms with Crippen LogP contribution in [0.1, 0.15) is 19.0 Å². The van der Waals surface area contributed by atoms with Gasteiger partial charge in [0.1, 0.15) is 0 Å². The fourth-order valence-electron chi connectivity index (χ4n) is 0.975. The van der Waals surface area contributed by atoms with Crippen LogP contribution in [0.4, 0.5) is 14.5 Å². The van der Waals surface area contributed by atoms with Gasteiger partial charge in [-0.2, -0.15) is 5.10 Å². The Kier molecular flexibility index (Phi) is 3.00. The molecule has 0 saturated carbocycles. The molecular formula is C6H6ClF2N3O2. The average Bonchev–Trinajstić information content (AvgIpc) is 2.42. The smallest absolute Gasteiger partial charge is 0.258 e. The van der Waals surface area contributed by atoms with E-state index in [4.69, 9.17) is 11.6 Å². The van der Waals surface area contributed by atoms with Crippen LogP contribution < -0.4 is 0 Å². The molecule has 0 radical (unpaired) electrons. The molecule has 0 aliphatic heterocycles. The van der Waals surface area contributed by atoms with E-state index in [1.54, 1.807) is 6.92 Å². The molecule has 14 heavy (non-hydrogen) atoms. The van der Waals surface area contributed by atoms with Crippen molar-refractivity contribution in [1.82, 2.24) is 9.78 Å². The number of rotatable bonds is 3. The molecule has 78 valence electrons. The van der Waals surface area contributed by atoms with Crippen molar-refractivity contribution >= 4 is 17.3 Å². The van der Waals surface area contributed by atoms with Gasteiger partial charge in [0, 0.05) is 6.54 Å². The van der Waals surface area contributed by atoms with Crippen LogP contribution in [0, 0.1) is 10.1 Å². The van der Waals surface area contributed by atoms with Crippen molar-refractivity contribution in [2.45, 2.75) is 19.9 Å². The summed E-state index contributed by atoms with van der Waals surface area (Å²) in [5.41, 5.74) is -1.70. The number of hydrogen-bond acceptors (Lipinski definition) is 3. The van der Waals surface area contributed by atoms with Gasteiger partial charge in [-0.25, -0.2) is 13.5 Å². The highest BCUT2D eigenvalue weighted by atomic mass is 35.5. The molecule has 0 spiro atoms. The molecular weight excluding hydrogens is 220 g/mol. The number of halogens is 3. The first kappa shape index (κ1) is 10.8. The minimum atomic E-state index is -3.00. The molecule has 0 aliphatic carbocycles. The Labute approximate surface area is 82.4 Å². The summed E-state index contributed by atoms with van der Waals surface area (Å²) in [5, 5.41) is 13.4. The van der Waals surface area contributed by atoms with Crippen molar-refractivity contribution in [3.8, 4) is 0 Å². The van der Waals surface area contributed by atoms with E-state index in [-0.39, 0.29) is 11.7 Å². The zero-order valence-corrected chi connectivity index (χ0v) is 7.83. The maximum absolute atomic E-state index is 12.3. The molecule has 0 atom stereocenters. The standard InChI is InChI=1S/C6H6ClF2N3O2/c1-2-11-5(7)4(12(13)14)3(10-11)6(8)9/h6H,2H2,1H3. The van der Waals surface area contributed by atoms with Gasteiger partial charge in [-0.05, 0) is 6.92 Å². The summed E-state index contributed by atoms with van der Waals surface area (Å²) in [7, 11) is 0. The van der Waals surface area contributed by atoms with Crippen LogP contribution in [-0.2, 0) is 6.54 Å². The molecule has 0 unspecified atom stereocenters. The second-order valence-electron chi connectivity index (χ2n) is 2.40. The minimum Gasteiger partial charge on any atom is -0.258 e. The van der Waals surface area contributed by atoms with Gasteiger partial charge in [0.05, 0.1) is 4.92 Å². The fourth-order valence-corrected chi connectivity index (χ4v) is 1.30. The third-order valence-corrected chi connectivity index (χ3v) is 1.96. The molecule has 0 N–H and O–H groups in total. The number of nitro groups is 1. The Morgan fingerprint density at radius 1 is 1.71 bits per heavy atom. The van der Waals surface area contributed by atoms with E-state index in [1.165, 1.54) is 0 Å². The highest BCUT2D eigenvalue weighted by Crippen LogP contribution is 2.34. The van der Waals surface area contributed by atoms with E-state index in [9.17, 15) is 18.9 Å². The fraction of sp³-hybridized carbons (Fsp3) is 0.500. The third kappa shape index (κ3) is 1.67. The summed E-state index contributed by atoms with van der Waals surface area (Å²) in [6, 6.07) is 0. The Morgan fingerprint density at radius 3 is 2.57 bits per heavy atom. The van der Waals surface area contributed by atoms with Gasteiger partial charge in [-0.1, -0.05) is 11.6 Å². The van der Waals surface area contributed by atoms with Crippen LogP contribution in [0.15, 0.2) is 0 Å². The molecule has 5 nitrogen and oxygen atoms in total. The van der Waals surface area contributed by atoms with Gasteiger partial charge in [0.15, 0.2) is 0 Å². The number of aryl methyl sites for hydroxylation is 1. The molecule has 0 aromatic carbocycles. The SMILES string of the molecule is CCn1nc(C(F)F)c([N+](=O)[O-])c1Cl. The zero-order valence-electron chi connectivity index (χ0n) is 7.08. The highest BCUT2D eigenvalue weighted by molar-refractivity contribution is 6.31. The minimum absolute atomic E-state index is 0.201. The predicted molar refractivity (Wildman–Crippen MR) is 44.5 cm³/mol. The van der Waals surface area contributed by atoms with Crippen molar-refractivity contribution in [2.24, 2.45) is 0 Å². The topological polar surface area (TPSA) is 61.0 Å². The van der Waals surface area contributed by atoms with Crippen molar-refractivity contribution in [2.75, 3.05) is 0 Å². The molecule has 8 heteroatoms. The van der Waals surface area contributed by atoms with Crippen molar-refractivity contribution in [1.29, 1.82) is 0 Å². The van der Waals surface area contributed by atoms with Gasteiger partial charge >= 0.3 is 5.69 Å². The van der Waals surface area contributed by atoms with E-state index in [1.807, 2.05) is 0 Å². The summed E-state index contributed by atoms with van der Waals surface area (Å²) in [4.78, 5) is 9.46. The lowest BCUT2D eigenvalue weighted by molar-refractivity contribution is -0.386. The lowest BCUT2D eigenvalue weighted by Gasteiger charge is -1.93. The Bertz CT molecular complexity index is 366. The summed E-state index contributed by atoms with van der Waals surface area (Å²) in [5.74, 6) is 0. The van der Waals surface area contributed by atoms with Crippen molar-refractivity contribution in [3.05, 3.63) is 21.0 Å². The average molecular weight is 226 g/mol. The second kappa shape index (κ2) is 3.87. The Morgan fingerprint density at radius 2 is 2.29 bits per heavy atom. The summed E-state index contributed by atoms with van der Waals surface area (Å²) in [6.45, 7) is 1.80. The van der Waals surface area contributed by atoms with Crippen LogP contribution in [0.25, 0.3) is 0 Å². The maximum atomic E-state index is 12.3. The van der Waals surface area contributed by atoms with E-state index < -0.39 is 22.7 Å². The first-order valence-electron chi connectivity index (χ1n) is 3.67. The van der Waals surface area contributed by atoms with Crippen LogP contribution in [0.2, 0.25) is 5.15 Å². The van der Waals surface area contributed by atoms with Gasteiger partial charge in [0.2, 0.25) is 10.8 Å². The first-order chi connectivity index (χ1) is 6.49. The number of alkyl halides is 2. The third-order valence-electron chi connectivity index (χ3n) is 1.58. The molecule has 1 rings (SSSR count). The monoisotopic (exact) mass is 225 g/mol. The van der Waals surface area contributed by atoms with Crippen molar-refractivity contribution < 1.29 is 13.7 Å². The van der Waals surface area contributed by atoms with Crippen LogP contribution in [-0.4, -0.2) is 14.7 Å². The lowest BCUT2D eigenvalue weighted by Crippen LogP contribution is -1.97. The largest absolute Gasteiger partial charge is 0.334 e. The van der Waals surface area contributed by atoms with Gasteiger partial charge in [-0.3, -0.25) is 10.1 Å². The molecule has 0 saturated heterocycles. The van der Waals surface area contributed by atoms with Gasteiger partial charge < -0.3 is 0 Å². The summed E-state index contributed by atoms with van der Waals surface area (Å²) < 4.78 is 25.5. The first-order valence-corrected chi connectivity index (χ1v) is 4.05. The molecule has 0 bridgehead atoms. The van der Waals surface area contributed by atoms with E-state index in [2.05, 4.69) is 5.10 Å². The Balaban J connectivity index is 3.35. The summed E-state index contributed by atoms with van der Waals surface area (Å²) >= 11 is 5.49. The Hall–Kier alpha value is -1.24. The quantitative estimate of drug-likeness (QED) is 0.586. The number of hydrogen-bond donors (Lipinski definition) is 0. The zero-order chi connectivity index (χ0) is 10.9. The molecule has 1 aromatic rings. The molecule has 0 amide bonds. The predicted octanol–water partition coefficient (Wildman–Crippen LogP) is 2.40. The normalized spacial score (nSPS) is 10.9. The molecule has 1 heterocycles. The molecule has 1 aromatic heterocycles. The highest BCUT2D eigenvalue weighted by Gasteiger charge is 2.31. The second-order valence-corrected chi connectivity index (χ2v) is 2.76. The van der Waals surface area contributed by atoms with Gasteiger partial charge in [-0.15, -0.1) is 0 Å². The molecule has 0 aliphatic rings. The van der Waals surface area contributed by atoms with Crippen LogP contribution >= 0.6 is 11.6 Å². The van der Waals surface area contributed by atoms with E-state index in [0.29, 0.717) is 0 Å². The van der Waals surface area contributed by atoms with E-state index in [0.717, 1.165) is 4.68 Å². The van der Waals surface area contributed by atoms with Gasteiger partial charge in [0.25, 0.3) is 6.43 Å². The maximum Gasteiger partial charge on any atom is 0.334 e. The number of aromatic nitrogens is 2.